The van der Waals surface area contributed by atoms with Gasteiger partial charge in [-0.1, -0.05) is 0 Å². The Kier molecular flexibility index (Phi) is 48.0. The van der Waals surface area contributed by atoms with Crippen molar-refractivity contribution in [2.45, 2.75) is 68.1 Å². The second-order valence-electron chi connectivity index (χ2n) is 5.84. The number of aliphatic hydroxyl groups excluding tert-OH is 7. The van der Waals surface area contributed by atoms with Gasteiger partial charge >= 0.3 is 0 Å². The fourth-order valence-electron chi connectivity index (χ4n) is 2.78. The van der Waals surface area contributed by atoms with Crippen molar-refractivity contribution in [1.82, 2.24) is 0 Å². The van der Waals surface area contributed by atoms with Crippen LogP contribution in [0, 0.1) is 308 Å². The van der Waals surface area contributed by atoms with E-state index in [9.17, 15) is 30.6 Å². The van der Waals surface area contributed by atoms with Gasteiger partial charge in [-0.2, -0.15) is 0 Å². The van der Waals surface area contributed by atoms with Gasteiger partial charge in [0.1, 0.15) is 48.8 Å². The first-order chi connectivity index (χ1) is 10.8. The topological polar surface area (TPSA) is 169 Å². The van der Waals surface area contributed by atoms with E-state index in [0.717, 1.165) is 0 Å². The molecule has 2 saturated heterocycles. The molecule has 0 saturated carbocycles. The van der Waals surface area contributed by atoms with Crippen molar-refractivity contribution in [2.75, 3.05) is 13.2 Å². The Morgan fingerprint density at radius 1 is 0.600 bits per heavy atom. The van der Waals surface area contributed by atoms with E-state index in [1.807, 2.05) is 0 Å². The first kappa shape index (κ1) is 52.3. The molecule has 0 aromatic carbocycles. The molecule has 2 fully saturated rings. The molecule has 7 N–H and O–H groups in total. The molecule has 0 spiro atoms. The Bertz CT molecular complexity index is 401. The molecule has 7 radical (unpaired) electrons. The molecular weight excluding hydrogens is 1910 g/mol. The van der Waals surface area contributed by atoms with Gasteiger partial charge in [0.2, 0.25) is 0 Å². The maximum absolute atomic E-state index is 10.1. The molecule has 30 heavy (non-hydrogen) atoms. The van der Waals surface area contributed by atoms with Crippen LogP contribution in [0.4, 0.5) is 0 Å². The van der Waals surface area contributed by atoms with E-state index in [2.05, 4.69) is 0 Å². The van der Waals surface area contributed by atoms with E-state index in [-0.39, 0.29) is 308 Å². The number of hydrogen-bond donors (Lipinski definition) is 7. The zero-order valence-electron chi connectivity index (χ0n) is 16.6. The Hall–Kier alpha value is 9.69. The molecule has 2 rings (SSSR count). The van der Waals surface area contributed by atoms with Gasteiger partial charge in [0.05, 0.1) is 19.3 Å². The van der Waals surface area contributed by atoms with E-state index in [4.69, 9.17) is 19.3 Å². The summed E-state index contributed by atoms with van der Waals surface area (Å²) in [6.07, 6.45) is -13.2. The van der Waals surface area contributed by atoms with Gasteiger partial charge in [0.25, 0.3) is 0 Å². The molecule has 10 nitrogen and oxygen atoms in total. The Morgan fingerprint density at radius 3 is 1.50 bits per heavy atom. The van der Waals surface area contributed by atoms with Crippen LogP contribution in [0.2, 0.25) is 0 Å². The van der Waals surface area contributed by atoms with Crippen LogP contribution >= 0.6 is 0 Å². The Morgan fingerprint density at radius 2 is 1.07 bits per heavy atom. The van der Waals surface area contributed by atoms with Crippen molar-refractivity contribution in [2.24, 2.45) is 0 Å². The minimum atomic E-state index is -1.66. The first-order valence-corrected chi connectivity index (χ1v) is 7.40. The quantitative estimate of drug-likeness (QED) is 0.146. The molecule has 2 aliphatic heterocycles. The standard InChI is InChI=1S/C13H24O10.7Ac/c1-4-7(16)10(19)12(6(3-15)21-4)23-13-11(20)9(18)8(17)5(2-14)22-13;;;;;;;/h4-20H,2-3H2,1H3;;;;;;;/t4-,5+,6+,7?,8?,9?,10?,11?,12?,13?;;;;;;;/m0......./s1. The number of ether oxygens (including phenoxy) is 3. The van der Waals surface area contributed by atoms with Crippen LogP contribution < -0.4 is 0 Å². The fraction of sp³-hybridized carbons (Fsp3) is 1.00. The summed E-state index contributed by atoms with van der Waals surface area (Å²) in [5.74, 6) is 0. The molecule has 2 heterocycles. The molecule has 157 valence electrons. The van der Waals surface area contributed by atoms with Gasteiger partial charge in [-0.15, -0.1) is 0 Å². The third kappa shape index (κ3) is 15.2. The molecule has 10 atom stereocenters. The van der Waals surface area contributed by atoms with E-state index < -0.39 is 74.4 Å². The summed E-state index contributed by atoms with van der Waals surface area (Å²) in [6, 6.07) is 0. The summed E-state index contributed by atoms with van der Waals surface area (Å²) in [7, 11) is 0. The largest absolute Gasteiger partial charge is 0.394 e. The van der Waals surface area contributed by atoms with Gasteiger partial charge in [0.15, 0.2) is 6.29 Å². The van der Waals surface area contributed by atoms with Gasteiger partial charge in [-0.25, -0.2) is 0 Å². The summed E-state index contributed by atoms with van der Waals surface area (Å²) in [5.41, 5.74) is 0. The minimum absolute atomic E-state index is 0. The zero-order chi connectivity index (χ0) is 17.3. The number of rotatable bonds is 4. The molecule has 0 bridgehead atoms. The van der Waals surface area contributed by atoms with Crippen LogP contribution in [0.15, 0.2) is 0 Å². The Balaban J connectivity index is -0.000000206. The van der Waals surface area contributed by atoms with E-state index in [1.165, 1.54) is 6.92 Å². The SMILES string of the molecule is C[C@@H]1O[C@H](CO)C(OC2O[C@H](CO)C(O)C(O)C2O)C(O)C1O.[Ac].[Ac].[Ac].[Ac].[Ac].[Ac].[Ac]. The third-order valence-electron chi connectivity index (χ3n) is 4.24. The van der Waals surface area contributed by atoms with Gasteiger partial charge in [-0.05, 0) is 6.92 Å². The summed E-state index contributed by atoms with van der Waals surface area (Å²) >= 11 is 0. The molecule has 0 aromatic heterocycles. The summed E-state index contributed by atoms with van der Waals surface area (Å²) in [6.45, 7) is 0.369. The van der Waals surface area contributed by atoms with E-state index >= 15 is 0 Å². The van der Waals surface area contributed by atoms with Crippen LogP contribution in [0.3, 0.4) is 0 Å². The summed E-state index contributed by atoms with van der Waals surface area (Å²) in [4.78, 5) is 0. The zero-order valence-corrected chi connectivity index (χ0v) is 49.8. The minimum Gasteiger partial charge on any atom is -0.394 e. The van der Waals surface area contributed by atoms with E-state index in [0.29, 0.717) is 0 Å². The molecular formula is C13H24Ac7O10. The summed E-state index contributed by atoms with van der Waals surface area (Å²) in [5, 5.41) is 67.8. The second kappa shape index (κ2) is 27.5. The van der Waals surface area contributed by atoms with Gasteiger partial charge in [0, 0.05) is 308 Å². The normalized spacial score (nSPS) is 39.6. The molecule has 0 aromatic rings. The first-order valence-electron chi connectivity index (χ1n) is 7.40. The molecule has 17 heteroatoms. The van der Waals surface area contributed by atoms with Gasteiger partial charge < -0.3 is 50.0 Å². The predicted octanol–water partition coefficient (Wildman–Crippen LogP) is -4.33. The van der Waals surface area contributed by atoms with Crippen LogP contribution in [0.1, 0.15) is 6.92 Å². The van der Waals surface area contributed by atoms with Crippen molar-refractivity contribution >= 4 is 0 Å². The van der Waals surface area contributed by atoms with Gasteiger partial charge in [-0.3, -0.25) is 0 Å². The number of hydrogen-bond acceptors (Lipinski definition) is 10. The summed E-state index contributed by atoms with van der Waals surface area (Å²) < 4.78 is 15.9. The maximum Gasteiger partial charge on any atom is 0.187 e. The van der Waals surface area contributed by atoms with Crippen molar-refractivity contribution in [3.63, 3.8) is 0 Å². The average molecular weight is 1930 g/mol. The Labute approximate surface area is 426 Å². The molecule has 2 aliphatic rings. The van der Waals surface area contributed by atoms with Crippen molar-refractivity contribution in [3.8, 4) is 0 Å². The number of aliphatic hydroxyl groups is 7. The van der Waals surface area contributed by atoms with Crippen LogP contribution in [0.25, 0.3) is 0 Å². The van der Waals surface area contributed by atoms with E-state index in [1.54, 1.807) is 0 Å². The van der Waals surface area contributed by atoms with Crippen molar-refractivity contribution in [1.29, 1.82) is 0 Å². The molecule has 0 amide bonds. The maximum atomic E-state index is 10.1. The monoisotopic (exact) mass is 1930 g/mol. The fourth-order valence-corrected chi connectivity index (χ4v) is 2.78. The molecule has 0 aliphatic carbocycles. The van der Waals surface area contributed by atoms with Crippen molar-refractivity contribution < 1.29 is 358 Å². The smallest absolute Gasteiger partial charge is 0.187 e. The average Bonchev–Trinajstić information content (AvgIpc) is 2.55. The third-order valence-corrected chi connectivity index (χ3v) is 4.24. The van der Waals surface area contributed by atoms with Crippen LogP contribution in [-0.2, 0) is 14.2 Å². The van der Waals surface area contributed by atoms with Crippen LogP contribution in [0.5, 0.6) is 0 Å². The second-order valence-corrected chi connectivity index (χ2v) is 5.84. The van der Waals surface area contributed by atoms with Crippen molar-refractivity contribution in [3.05, 3.63) is 0 Å². The predicted molar refractivity (Wildman–Crippen MR) is 72.1 cm³/mol. The molecule has 7 unspecified atom stereocenters. The van der Waals surface area contributed by atoms with Crippen LogP contribution in [-0.4, -0.2) is 110 Å².